The molecule has 1 unspecified atom stereocenters. The monoisotopic (exact) mass is 270 g/mol. The maximum atomic E-state index is 12.3. The van der Waals surface area contributed by atoms with Gasteiger partial charge >= 0.3 is 12.0 Å². The van der Waals surface area contributed by atoms with E-state index < -0.39 is 11.9 Å². The maximum absolute atomic E-state index is 12.3. The van der Waals surface area contributed by atoms with E-state index in [4.69, 9.17) is 9.84 Å². The van der Waals surface area contributed by atoms with Gasteiger partial charge < -0.3 is 19.6 Å². The lowest BCUT2D eigenvalue weighted by atomic mass is 9.99. The second-order valence-corrected chi connectivity index (χ2v) is 5.46. The first-order valence-electron chi connectivity index (χ1n) is 6.87. The van der Waals surface area contributed by atoms with Crippen molar-refractivity contribution in [1.29, 1.82) is 0 Å². The van der Waals surface area contributed by atoms with Crippen LogP contribution in [0.4, 0.5) is 4.79 Å². The van der Waals surface area contributed by atoms with Gasteiger partial charge in [-0.3, -0.25) is 4.79 Å². The first kappa shape index (κ1) is 14.1. The van der Waals surface area contributed by atoms with E-state index in [1.54, 1.807) is 12.0 Å². The van der Waals surface area contributed by atoms with Crippen LogP contribution in [0, 0.1) is 11.8 Å². The highest BCUT2D eigenvalue weighted by Gasteiger charge is 2.33. The van der Waals surface area contributed by atoms with Crippen LogP contribution in [0.5, 0.6) is 0 Å². The Labute approximate surface area is 113 Å². The Morgan fingerprint density at radius 1 is 1.21 bits per heavy atom. The van der Waals surface area contributed by atoms with Crippen molar-refractivity contribution >= 4 is 12.0 Å². The van der Waals surface area contributed by atoms with Crippen LogP contribution in [-0.4, -0.2) is 66.8 Å². The SMILES string of the molecule is COCC1CCN(C(=O)N2CCC[C@H](C(=O)O)C2)C1. The summed E-state index contributed by atoms with van der Waals surface area (Å²) in [4.78, 5) is 26.9. The minimum Gasteiger partial charge on any atom is -0.481 e. The average Bonchev–Trinajstić information content (AvgIpc) is 2.87. The number of carboxylic acid groups (broad SMARTS) is 1. The van der Waals surface area contributed by atoms with E-state index in [1.807, 2.05) is 4.90 Å². The van der Waals surface area contributed by atoms with Gasteiger partial charge in [-0.2, -0.15) is 0 Å². The molecule has 0 saturated carbocycles. The number of piperidine rings is 1. The number of likely N-dealkylation sites (tertiary alicyclic amines) is 2. The van der Waals surface area contributed by atoms with Gasteiger partial charge in [0.1, 0.15) is 0 Å². The molecule has 2 rings (SSSR count). The minimum absolute atomic E-state index is 0.00967. The number of urea groups is 1. The summed E-state index contributed by atoms with van der Waals surface area (Å²) in [5, 5.41) is 9.05. The van der Waals surface area contributed by atoms with Crippen LogP contribution in [0.15, 0.2) is 0 Å². The predicted octanol–water partition coefficient (Wildman–Crippen LogP) is 0.871. The number of nitrogens with zero attached hydrogens (tertiary/aromatic N) is 2. The van der Waals surface area contributed by atoms with Gasteiger partial charge in [0.15, 0.2) is 0 Å². The molecule has 6 nitrogen and oxygen atoms in total. The van der Waals surface area contributed by atoms with Crippen molar-refractivity contribution in [1.82, 2.24) is 9.80 Å². The average molecular weight is 270 g/mol. The number of ether oxygens (including phenoxy) is 1. The number of hydrogen-bond donors (Lipinski definition) is 1. The molecule has 0 aliphatic carbocycles. The normalized spacial score (nSPS) is 27.6. The highest BCUT2D eigenvalue weighted by atomic mass is 16.5. The Balaban J connectivity index is 1.87. The molecule has 2 aliphatic rings. The zero-order chi connectivity index (χ0) is 13.8. The summed E-state index contributed by atoms with van der Waals surface area (Å²) in [5.74, 6) is -0.791. The third kappa shape index (κ3) is 3.37. The van der Waals surface area contributed by atoms with Crippen molar-refractivity contribution in [2.75, 3.05) is 39.9 Å². The second-order valence-electron chi connectivity index (χ2n) is 5.46. The quantitative estimate of drug-likeness (QED) is 0.826. The van der Waals surface area contributed by atoms with Gasteiger partial charge in [-0.05, 0) is 19.3 Å². The molecule has 2 atom stereocenters. The third-order valence-electron chi connectivity index (χ3n) is 4.00. The van der Waals surface area contributed by atoms with Crippen molar-refractivity contribution in [3.8, 4) is 0 Å². The van der Waals surface area contributed by atoms with E-state index in [0.29, 0.717) is 32.0 Å². The molecule has 0 radical (unpaired) electrons. The molecular formula is C13H22N2O4. The summed E-state index contributed by atoms with van der Waals surface area (Å²) in [6, 6.07) is -0.00967. The molecule has 108 valence electrons. The molecule has 0 bridgehead atoms. The second kappa shape index (κ2) is 6.23. The highest BCUT2D eigenvalue weighted by molar-refractivity contribution is 5.77. The van der Waals surface area contributed by atoms with E-state index in [-0.39, 0.29) is 6.03 Å². The van der Waals surface area contributed by atoms with Gasteiger partial charge in [0.2, 0.25) is 0 Å². The molecule has 19 heavy (non-hydrogen) atoms. The lowest BCUT2D eigenvalue weighted by molar-refractivity contribution is -0.143. The summed E-state index contributed by atoms with van der Waals surface area (Å²) in [7, 11) is 1.67. The molecule has 2 heterocycles. The fourth-order valence-corrected chi connectivity index (χ4v) is 2.93. The lowest BCUT2D eigenvalue weighted by Crippen LogP contribution is -2.48. The molecule has 6 heteroatoms. The Morgan fingerprint density at radius 3 is 2.63 bits per heavy atom. The number of aliphatic carboxylic acids is 1. The number of amides is 2. The van der Waals surface area contributed by atoms with Crippen molar-refractivity contribution in [2.45, 2.75) is 19.3 Å². The highest BCUT2D eigenvalue weighted by Crippen LogP contribution is 2.22. The zero-order valence-corrected chi connectivity index (χ0v) is 11.4. The zero-order valence-electron chi connectivity index (χ0n) is 11.4. The Kier molecular flexibility index (Phi) is 4.63. The fraction of sp³-hybridized carbons (Fsp3) is 0.846. The van der Waals surface area contributed by atoms with E-state index in [9.17, 15) is 9.59 Å². The van der Waals surface area contributed by atoms with E-state index in [0.717, 1.165) is 25.9 Å². The van der Waals surface area contributed by atoms with Crippen LogP contribution in [0.3, 0.4) is 0 Å². The Morgan fingerprint density at radius 2 is 1.95 bits per heavy atom. The van der Waals surface area contributed by atoms with Crippen molar-refractivity contribution in [2.24, 2.45) is 11.8 Å². The van der Waals surface area contributed by atoms with Crippen LogP contribution in [0.2, 0.25) is 0 Å². The first-order chi connectivity index (χ1) is 9.11. The smallest absolute Gasteiger partial charge is 0.320 e. The molecule has 0 aromatic rings. The van der Waals surface area contributed by atoms with E-state index in [1.165, 1.54) is 0 Å². The van der Waals surface area contributed by atoms with Crippen LogP contribution in [0.25, 0.3) is 0 Å². The largest absolute Gasteiger partial charge is 0.481 e. The van der Waals surface area contributed by atoms with Crippen LogP contribution in [-0.2, 0) is 9.53 Å². The maximum Gasteiger partial charge on any atom is 0.320 e. The summed E-state index contributed by atoms with van der Waals surface area (Å²) in [6.45, 7) is 3.18. The van der Waals surface area contributed by atoms with Crippen LogP contribution >= 0.6 is 0 Å². The van der Waals surface area contributed by atoms with Crippen molar-refractivity contribution in [3.05, 3.63) is 0 Å². The van der Waals surface area contributed by atoms with Gasteiger partial charge in [0.25, 0.3) is 0 Å². The molecule has 0 spiro atoms. The molecule has 2 amide bonds. The summed E-state index contributed by atoms with van der Waals surface area (Å²) >= 11 is 0. The first-order valence-corrected chi connectivity index (χ1v) is 6.87. The number of methoxy groups -OCH3 is 1. The fourth-order valence-electron chi connectivity index (χ4n) is 2.93. The Hall–Kier alpha value is -1.30. The molecule has 0 aromatic carbocycles. The Bertz CT molecular complexity index is 348. The van der Waals surface area contributed by atoms with Gasteiger partial charge in [0, 0.05) is 39.2 Å². The minimum atomic E-state index is -0.795. The summed E-state index contributed by atoms with van der Waals surface area (Å²) in [5.41, 5.74) is 0. The van der Waals surface area contributed by atoms with Crippen molar-refractivity contribution in [3.63, 3.8) is 0 Å². The van der Waals surface area contributed by atoms with Crippen LogP contribution < -0.4 is 0 Å². The molecular weight excluding hydrogens is 248 g/mol. The number of carbonyl (C=O) groups excluding carboxylic acids is 1. The standard InChI is InChI=1S/C13H22N2O4/c1-19-9-10-4-6-15(7-10)13(18)14-5-2-3-11(8-14)12(16)17/h10-11H,2-9H2,1H3,(H,16,17)/t10?,11-/m0/s1. The molecule has 0 aromatic heterocycles. The lowest BCUT2D eigenvalue weighted by Gasteiger charge is -2.33. The van der Waals surface area contributed by atoms with Gasteiger partial charge in [0.05, 0.1) is 12.5 Å². The van der Waals surface area contributed by atoms with E-state index >= 15 is 0 Å². The number of rotatable bonds is 3. The summed E-state index contributed by atoms with van der Waals surface area (Å²) in [6.07, 6.45) is 2.42. The molecule has 2 aliphatic heterocycles. The molecule has 2 saturated heterocycles. The predicted molar refractivity (Wildman–Crippen MR) is 68.9 cm³/mol. The number of carboxylic acids is 1. The molecule has 2 fully saturated rings. The summed E-state index contributed by atoms with van der Waals surface area (Å²) < 4.78 is 5.12. The van der Waals surface area contributed by atoms with Crippen molar-refractivity contribution < 1.29 is 19.4 Å². The number of hydrogen-bond acceptors (Lipinski definition) is 3. The van der Waals surface area contributed by atoms with E-state index in [2.05, 4.69) is 0 Å². The van der Waals surface area contributed by atoms with Crippen LogP contribution in [0.1, 0.15) is 19.3 Å². The van der Waals surface area contributed by atoms with Gasteiger partial charge in [-0.25, -0.2) is 4.79 Å². The van der Waals surface area contributed by atoms with Gasteiger partial charge in [-0.1, -0.05) is 0 Å². The third-order valence-corrected chi connectivity index (χ3v) is 4.00. The van der Waals surface area contributed by atoms with Gasteiger partial charge in [-0.15, -0.1) is 0 Å². The molecule has 1 N–H and O–H groups in total. The number of carbonyl (C=O) groups is 2. The topological polar surface area (TPSA) is 70.1 Å².